The molecule has 2 aliphatic rings. The van der Waals surface area contributed by atoms with Crippen LogP contribution in [0.2, 0.25) is 0 Å². The van der Waals surface area contributed by atoms with Crippen LogP contribution >= 0.6 is 0 Å². The average molecular weight is 336 g/mol. The first-order valence-corrected chi connectivity index (χ1v) is 9.06. The van der Waals surface area contributed by atoms with Gasteiger partial charge in [0.2, 0.25) is 0 Å². The topological polar surface area (TPSA) is 52.6 Å². The lowest BCUT2D eigenvalue weighted by Gasteiger charge is -2.23. The Hall–Kier alpha value is -2.33. The van der Waals surface area contributed by atoms with E-state index in [1.807, 2.05) is 37.3 Å². The molecule has 1 aliphatic carbocycles. The zero-order chi connectivity index (χ0) is 17.4. The van der Waals surface area contributed by atoms with Crippen molar-refractivity contribution in [2.75, 3.05) is 18.0 Å². The Kier molecular flexibility index (Phi) is 4.22. The maximum absolute atomic E-state index is 13.0. The Morgan fingerprint density at radius 3 is 2.72 bits per heavy atom. The van der Waals surface area contributed by atoms with Gasteiger partial charge in [0, 0.05) is 25.2 Å². The summed E-state index contributed by atoms with van der Waals surface area (Å²) in [7, 11) is 0. The number of carbonyl (C=O) groups excluding carboxylic acids is 1. The van der Waals surface area contributed by atoms with Gasteiger partial charge in [-0.1, -0.05) is 35.9 Å². The van der Waals surface area contributed by atoms with Crippen molar-refractivity contribution < 1.29 is 9.90 Å². The molecule has 1 heterocycles. The molecule has 1 fully saturated rings. The number of nitrogens with zero attached hydrogens (tertiary/aromatic N) is 1. The highest BCUT2D eigenvalue weighted by Crippen LogP contribution is 2.32. The third kappa shape index (κ3) is 3.02. The molecule has 130 valence electrons. The van der Waals surface area contributed by atoms with E-state index in [0.29, 0.717) is 12.0 Å². The molecule has 2 atom stereocenters. The van der Waals surface area contributed by atoms with E-state index in [1.165, 1.54) is 12.8 Å². The summed E-state index contributed by atoms with van der Waals surface area (Å²) in [5.74, 6) is -0.105. The van der Waals surface area contributed by atoms with E-state index in [1.54, 1.807) is 0 Å². The van der Waals surface area contributed by atoms with Crippen LogP contribution in [0.4, 0.5) is 5.69 Å². The summed E-state index contributed by atoms with van der Waals surface area (Å²) < 4.78 is 0. The number of benzene rings is 2. The Morgan fingerprint density at radius 2 is 1.92 bits per heavy atom. The van der Waals surface area contributed by atoms with Gasteiger partial charge in [-0.2, -0.15) is 0 Å². The number of rotatable bonds is 3. The number of aliphatic hydroxyl groups is 1. The smallest absolute Gasteiger partial charge is 0.253 e. The van der Waals surface area contributed by atoms with Crippen molar-refractivity contribution in [3.05, 3.63) is 64.7 Å². The van der Waals surface area contributed by atoms with Crippen molar-refractivity contribution in [3.8, 4) is 0 Å². The van der Waals surface area contributed by atoms with Gasteiger partial charge in [-0.25, -0.2) is 0 Å². The SMILES string of the molecule is Cc1ccc(N2CCCC2)c(C(=O)N[C@H]2c3ccccc3C[C@H]2O)c1. The van der Waals surface area contributed by atoms with E-state index in [4.69, 9.17) is 0 Å². The van der Waals surface area contributed by atoms with Crippen LogP contribution in [0.5, 0.6) is 0 Å². The Labute approximate surface area is 148 Å². The fraction of sp³-hybridized carbons (Fsp3) is 0.381. The molecular weight excluding hydrogens is 312 g/mol. The molecule has 4 heteroatoms. The molecule has 25 heavy (non-hydrogen) atoms. The lowest BCUT2D eigenvalue weighted by molar-refractivity contribution is 0.0858. The summed E-state index contributed by atoms with van der Waals surface area (Å²) in [6.07, 6.45) is 2.36. The van der Waals surface area contributed by atoms with E-state index in [-0.39, 0.29) is 11.9 Å². The highest BCUT2D eigenvalue weighted by Gasteiger charge is 2.32. The van der Waals surface area contributed by atoms with Gasteiger partial charge < -0.3 is 15.3 Å². The van der Waals surface area contributed by atoms with Crippen LogP contribution in [0, 0.1) is 6.92 Å². The number of hydrogen-bond donors (Lipinski definition) is 2. The van der Waals surface area contributed by atoms with Gasteiger partial charge in [-0.15, -0.1) is 0 Å². The molecule has 0 aromatic heterocycles. The number of aliphatic hydroxyl groups excluding tert-OH is 1. The number of carbonyl (C=O) groups is 1. The normalized spacial score (nSPS) is 22.1. The van der Waals surface area contributed by atoms with Crippen LogP contribution in [0.3, 0.4) is 0 Å². The number of nitrogens with one attached hydrogen (secondary N) is 1. The minimum atomic E-state index is -0.568. The van der Waals surface area contributed by atoms with Crippen LogP contribution < -0.4 is 10.2 Å². The van der Waals surface area contributed by atoms with Crippen LogP contribution in [0.1, 0.15) is 45.9 Å². The zero-order valence-corrected chi connectivity index (χ0v) is 14.5. The Bertz CT molecular complexity index is 796. The second-order valence-corrected chi connectivity index (χ2v) is 7.14. The third-order valence-corrected chi connectivity index (χ3v) is 5.33. The Morgan fingerprint density at radius 1 is 1.16 bits per heavy atom. The van der Waals surface area contributed by atoms with Crippen LogP contribution in [0.25, 0.3) is 0 Å². The third-order valence-electron chi connectivity index (χ3n) is 5.33. The molecule has 4 nitrogen and oxygen atoms in total. The van der Waals surface area contributed by atoms with Crippen LogP contribution in [0.15, 0.2) is 42.5 Å². The molecule has 0 radical (unpaired) electrons. The first-order valence-electron chi connectivity index (χ1n) is 9.06. The highest BCUT2D eigenvalue weighted by atomic mass is 16.3. The van der Waals surface area contributed by atoms with Crippen molar-refractivity contribution >= 4 is 11.6 Å². The molecule has 1 amide bonds. The van der Waals surface area contributed by atoms with Gasteiger partial charge in [-0.3, -0.25) is 4.79 Å². The molecule has 0 bridgehead atoms. The van der Waals surface area contributed by atoms with Gasteiger partial charge in [0.1, 0.15) is 0 Å². The second kappa shape index (κ2) is 6.52. The summed E-state index contributed by atoms with van der Waals surface area (Å²) in [5.41, 5.74) is 4.92. The number of aryl methyl sites for hydroxylation is 1. The Balaban J connectivity index is 1.62. The van der Waals surface area contributed by atoms with Crippen LogP contribution in [-0.2, 0) is 6.42 Å². The highest BCUT2D eigenvalue weighted by molar-refractivity contribution is 6.00. The van der Waals surface area contributed by atoms with Crippen molar-refractivity contribution in [3.63, 3.8) is 0 Å². The lowest BCUT2D eigenvalue weighted by Crippen LogP contribution is -2.35. The van der Waals surface area contributed by atoms with Crippen molar-refractivity contribution in [1.82, 2.24) is 5.32 Å². The number of fused-ring (bicyclic) bond motifs is 1. The van der Waals surface area contributed by atoms with Gasteiger partial charge >= 0.3 is 0 Å². The molecular formula is C21H24N2O2. The number of hydrogen-bond acceptors (Lipinski definition) is 3. The minimum absolute atomic E-state index is 0.105. The van der Waals surface area contributed by atoms with E-state index in [2.05, 4.69) is 22.3 Å². The predicted octanol–water partition coefficient (Wildman–Crippen LogP) is 2.98. The van der Waals surface area contributed by atoms with Gasteiger partial charge in [0.25, 0.3) is 5.91 Å². The quantitative estimate of drug-likeness (QED) is 0.906. The molecule has 1 saturated heterocycles. The molecule has 1 aliphatic heterocycles. The summed E-state index contributed by atoms with van der Waals surface area (Å²) in [5, 5.41) is 13.5. The summed E-state index contributed by atoms with van der Waals surface area (Å²) >= 11 is 0. The lowest BCUT2D eigenvalue weighted by atomic mass is 10.0. The van der Waals surface area contributed by atoms with Gasteiger partial charge in [0.15, 0.2) is 0 Å². The van der Waals surface area contributed by atoms with E-state index in [9.17, 15) is 9.90 Å². The molecule has 0 saturated carbocycles. The summed E-state index contributed by atoms with van der Waals surface area (Å²) in [6.45, 7) is 4.00. The van der Waals surface area contributed by atoms with E-state index in [0.717, 1.165) is 35.5 Å². The molecule has 2 N–H and O–H groups in total. The molecule has 0 unspecified atom stereocenters. The zero-order valence-electron chi connectivity index (χ0n) is 14.5. The maximum Gasteiger partial charge on any atom is 0.253 e. The predicted molar refractivity (Wildman–Crippen MR) is 99.0 cm³/mol. The standard InChI is InChI=1S/C21H24N2O2/c1-14-8-9-18(23-10-4-5-11-23)17(12-14)21(25)22-20-16-7-3-2-6-15(16)13-19(20)24/h2-3,6-9,12,19-20,24H,4-5,10-11,13H2,1H3,(H,22,25)/t19-,20+/m1/s1. The van der Waals surface area contributed by atoms with Crippen LogP contribution in [-0.4, -0.2) is 30.2 Å². The first-order chi connectivity index (χ1) is 12.1. The largest absolute Gasteiger partial charge is 0.390 e. The summed E-state index contributed by atoms with van der Waals surface area (Å²) in [6, 6.07) is 13.7. The molecule has 2 aromatic carbocycles. The molecule has 4 rings (SSSR count). The van der Waals surface area contributed by atoms with E-state index >= 15 is 0 Å². The number of amides is 1. The van der Waals surface area contributed by atoms with E-state index < -0.39 is 6.10 Å². The first kappa shape index (κ1) is 16.2. The van der Waals surface area contributed by atoms with Gasteiger partial charge in [0.05, 0.1) is 17.7 Å². The fourth-order valence-electron chi connectivity index (χ4n) is 4.03. The molecule has 2 aromatic rings. The van der Waals surface area contributed by atoms with Crippen molar-refractivity contribution in [1.29, 1.82) is 0 Å². The number of anilines is 1. The minimum Gasteiger partial charge on any atom is -0.390 e. The fourth-order valence-corrected chi connectivity index (χ4v) is 4.03. The average Bonchev–Trinajstić information content (AvgIpc) is 3.24. The second-order valence-electron chi connectivity index (χ2n) is 7.14. The molecule has 0 spiro atoms. The summed E-state index contributed by atoms with van der Waals surface area (Å²) in [4.78, 5) is 15.3. The van der Waals surface area contributed by atoms with Crippen molar-refractivity contribution in [2.45, 2.75) is 38.3 Å². The van der Waals surface area contributed by atoms with Crippen molar-refractivity contribution in [2.24, 2.45) is 0 Å². The monoisotopic (exact) mass is 336 g/mol. The maximum atomic E-state index is 13.0. The van der Waals surface area contributed by atoms with Gasteiger partial charge in [-0.05, 0) is 43.0 Å².